The normalized spacial score (nSPS) is 15.1. The summed E-state index contributed by atoms with van der Waals surface area (Å²) in [6.07, 6.45) is 3.80. The van der Waals surface area contributed by atoms with Gasteiger partial charge in [0, 0.05) is 55.5 Å². The van der Waals surface area contributed by atoms with Gasteiger partial charge in [0.25, 0.3) is 0 Å². The average molecular weight is 621 g/mol. The summed E-state index contributed by atoms with van der Waals surface area (Å²) in [5.74, 6) is -2.28. The summed E-state index contributed by atoms with van der Waals surface area (Å²) in [6.45, 7) is 9.74. The third-order valence-corrected chi connectivity index (χ3v) is 8.81. The Morgan fingerprint density at radius 2 is 1.91 bits per heavy atom. The van der Waals surface area contributed by atoms with Crippen LogP contribution in [0.25, 0.3) is 22.0 Å². The van der Waals surface area contributed by atoms with Crippen LogP contribution in [0.1, 0.15) is 75.6 Å². The van der Waals surface area contributed by atoms with Crippen molar-refractivity contribution in [3.8, 4) is 16.9 Å². The first-order chi connectivity index (χ1) is 21.2. The number of halogens is 2. The number of nitrogens with zero attached hydrogens (tertiary/aromatic N) is 4. The van der Waals surface area contributed by atoms with Gasteiger partial charge in [-0.3, -0.25) is 9.67 Å². The van der Waals surface area contributed by atoms with E-state index in [-0.39, 0.29) is 24.3 Å². The number of hydrogen-bond donors (Lipinski definition) is 1. The third kappa shape index (κ3) is 6.66. The predicted octanol–water partition coefficient (Wildman–Crippen LogP) is 7.43. The van der Waals surface area contributed by atoms with E-state index >= 15 is 4.39 Å². The Hall–Kier alpha value is -4.05. The summed E-state index contributed by atoms with van der Waals surface area (Å²) in [6, 6.07) is 9.84. The van der Waals surface area contributed by atoms with Gasteiger partial charge in [0.1, 0.15) is 11.7 Å². The summed E-state index contributed by atoms with van der Waals surface area (Å²) >= 11 is 0. The second-order valence-electron chi connectivity index (χ2n) is 13.4. The molecule has 0 spiro atoms. The lowest BCUT2D eigenvalue weighted by molar-refractivity contribution is -0.0254. The van der Waals surface area contributed by atoms with Crippen molar-refractivity contribution in [3.05, 3.63) is 76.7 Å². The highest BCUT2D eigenvalue weighted by Gasteiger charge is 2.42. The number of ether oxygens (including phenoxy) is 2. The average Bonchev–Trinajstić information content (AvgIpc) is 3.25. The van der Waals surface area contributed by atoms with Crippen LogP contribution in [0.15, 0.2) is 42.6 Å². The number of aliphatic hydroxyl groups is 1. The molecule has 1 aliphatic rings. The zero-order valence-corrected chi connectivity index (χ0v) is 27.1. The van der Waals surface area contributed by atoms with Gasteiger partial charge in [-0.2, -0.15) is 9.49 Å². The molecule has 1 saturated carbocycles. The van der Waals surface area contributed by atoms with Gasteiger partial charge in [0.2, 0.25) is 5.82 Å². The number of aromatic nitrogens is 3. The lowest BCUT2D eigenvalue weighted by Gasteiger charge is -2.42. The number of rotatable bonds is 9. The quantitative estimate of drug-likeness (QED) is 0.209. The molecule has 0 saturated heterocycles. The van der Waals surface area contributed by atoms with Crippen molar-refractivity contribution in [2.24, 2.45) is 12.5 Å². The molecule has 1 unspecified atom stereocenters. The van der Waals surface area contributed by atoms with Crippen LogP contribution in [-0.4, -0.2) is 50.1 Å². The molecule has 45 heavy (non-hydrogen) atoms. The fourth-order valence-corrected chi connectivity index (χ4v) is 5.87. The summed E-state index contributed by atoms with van der Waals surface area (Å²) in [7, 11) is 3.49. The molecule has 2 aromatic carbocycles. The van der Waals surface area contributed by atoms with E-state index in [1.807, 2.05) is 46.9 Å². The molecule has 1 amide bonds. The Kier molecular flexibility index (Phi) is 8.90. The van der Waals surface area contributed by atoms with Gasteiger partial charge < -0.3 is 19.5 Å². The number of benzene rings is 2. The number of amides is 1. The zero-order valence-electron chi connectivity index (χ0n) is 27.1. The Morgan fingerprint density at radius 1 is 1.18 bits per heavy atom. The van der Waals surface area contributed by atoms with Crippen molar-refractivity contribution in [3.63, 3.8) is 0 Å². The largest absolute Gasteiger partial charge is 0.489 e. The van der Waals surface area contributed by atoms with Gasteiger partial charge in [-0.1, -0.05) is 19.4 Å². The second-order valence-corrected chi connectivity index (χ2v) is 13.4. The molecule has 1 atom stereocenters. The van der Waals surface area contributed by atoms with Gasteiger partial charge >= 0.3 is 6.09 Å². The van der Waals surface area contributed by atoms with E-state index in [9.17, 15) is 14.3 Å². The maximum Gasteiger partial charge on any atom is 0.410 e. The van der Waals surface area contributed by atoms with Crippen molar-refractivity contribution in [2.75, 3.05) is 13.7 Å². The van der Waals surface area contributed by atoms with Gasteiger partial charge in [0.15, 0.2) is 11.6 Å². The van der Waals surface area contributed by atoms with Gasteiger partial charge in [-0.05, 0) is 87.4 Å². The second kappa shape index (κ2) is 12.4. The monoisotopic (exact) mass is 620 g/mol. The molecular formula is C35H42F2N4O4. The van der Waals surface area contributed by atoms with Crippen LogP contribution < -0.4 is 4.74 Å². The van der Waals surface area contributed by atoms with Crippen LogP contribution in [0.2, 0.25) is 0 Å². The van der Waals surface area contributed by atoms with Crippen molar-refractivity contribution in [1.29, 1.82) is 0 Å². The van der Waals surface area contributed by atoms with Crippen molar-refractivity contribution in [1.82, 2.24) is 19.7 Å². The van der Waals surface area contributed by atoms with E-state index in [1.165, 1.54) is 11.0 Å². The number of aliphatic hydroxyl groups excluding tert-OH is 1. The maximum atomic E-state index is 15.3. The van der Waals surface area contributed by atoms with E-state index < -0.39 is 29.4 Å². The molecular weight excluding hydrogens is 578 g/mol. The number of carbonyl (C=O) groups is 1. The molecule has 1 N–H and O–H groups in total. The molecule has 2 aromatic heterocycles. The lowest BCUT2D eigenvalue weighted by Crippen LogP contribution is -2.33. The van der Waals surface area contributed by atoms with Gasteiger partial charge in [0.05, 0.1) is 17.8 Å². The maximum absolute atomic E-state index is 15.3. The smallest absolute Gasteiger partial charge is 0.410 e. The van der Waals surface area contributed by atoms with Gasteiger partial charge in [-0.15, -0.1) is 0 Å². The van der Waals surface area contributed by atoms with E-state index in [2.05, 4.69) is 17.0 Å². The fourth-order valence-electron chi connectivity index (χ4n) is 5.87. The Labute approximate surface area is 263 Å². The number of fused-ring (bicyclic) bond motifs is 1. The highest BCUT2D eigenvalue weighted by atomic mass is 19.2. The van der Waals surface area contributed by atoms with Crippen molar-refractivity contribution < 1.29 is 28.2 Å². The molecule has 5 rings (SSSR count). The molecule has 8 nitrogen and oxygen atoms in total. The first-order valence-corrected chi connectivity index (χ1v) is 15.3. The number of carbonyl (C=O) groups excluding carboxylic acids is 1. The molecule has 2 heterocycles. The number of pyridine rings is 1. The van der Waals surface area contributed by atoms with Crippen LogP contribution in [0.4, 0.5) is 13.6 Å². The number of aryl methyl sites for hydroxylation is 1. The highest BCUT2D eigenvalue weighted by molar-refractivity contribution is 5.88. The first-order valence-electron chi connectivity index (χ1n) is 15.3. The SMILES string of the molecule is Cc1c(CCOc2c(-c3ccc4nccc(CN(C)C(=O)OC(C)(C)C)c4c3)ccc(F)c2F)c(C(O)C2(C)CCC2)nn1C. The van der Waals surface area contributed by atoms with E-state index in [0.717, 1.165) is 47.5 Å². The van der Waals surface area contributed by atoms with Crippen LogP contribution in [-0.2, 0) is 24.8 Å². The molecule has 1 fully saturated rings. The predicted molar refractivity (Wildman–Crippen MR) is 169 cm³/mol. The fraction of sp³-hybridized carbons (Fsp3) is 0.457. The Morgan fingerprint density at radius 3 is 2.58 bits per heavy atom. The minimum atomic E-state index is -1.08. The highest BCUT2D eigenvalue weighted by Crippen LogP contribution is 2.50. The molecule has 240 valence electrons. The molecule has 0 radical (unpaired) electrons. The number of hydrogen-bond acceptors (Lipinski definition) is 6. The van der Waals surface area contributed by atoms with Crippen molar-refractivity contribution in [2.45, 2.75) is 78.6 Å². The molecule has 4 aromatic rings. The standard InChI is InChI=1S/C35H42F2N4O4/c1-21-24(30(39-41(21)7)32(42)35(5)15-8-16-35)14-18-44-31-25(10-11-27(36)29(31)37)22-9-12-28-26(19-22)23(13-17-38-28)20-40(6)33(43)45-34(2,3)4/h9-13,17,19,32,42H,8,14-16,18,20H2,1-7H3. The van der Waals surface area contributed by atoms with E-state index in [1.54, 1.807) is 30.1 Å². The van der Waals surface area contributed by atoms with Crippen LogP contribution in [0.3, 0.4) is 0 Å². The van der Waals surface area contributed by atoms with Crippen LogP contribution in [0.5, 0.6) is 5.75 Å². The molecule has 0 bridgehead atoms. The zero-order chi connectivity index (χ0) is 32.7. The Balaban J connectivity index is 1.42. The first kappa shape index (κ1) is 32.3. The summed E-state index contributed by atoms with van der Waals surface area (Å²) in [4.78, 5) is 18.6. The minimum absolute atomic E-state index is 0.0530. The third-order valence-electron chi connectivity index (χ3n) is 8.81. The summed E-state index contributed by atoms with van der Waals surface area (Å²) < 4.78 is 43.1. The Bertz CT molecular complexity index is 1730. The summed E-state index contributed by atoms with van der Waals surface area (Å²) in [5, 5.41) is 16.6. The van der Waals surface area contributed by atoms with Gasteiger partial charge in [-0.25, -0.2) is 9.18 Å². The minimum Gasteiger partial charge on any atom is -0.489 e. The molecule has 10 heteroatoms. The topological polar surface area (TPSA) is 89.7 Å². The van der Waals surface area contributed by atoms with Crippen LogP contribution in [0, 0.1) is 24.0 Å². The van der Waals surface area contributed by atoms with E-state index in [4.69, 9.17) is 9.47 Å². The molecule has 0 aliphatic heterocycles. The molecule has 1 aliphatic carbocycles. The van der Waals surface area contributed by atoms with Crippen molar-refractivity contribution >= 4 is 17.0 Å². The van der Waals surface area contributed by atoms with Crippen LogP contribution >= 0.6 is 0 Å². The lowest BCUT2D eigenvalue weighted by atomic mass is 9.65. The summed E-state index contributed by atoms with van der Waals surface area (Å²) in [5.41, 5.74) is 4.02. The van der Waals surface area contributed by atoms with E-state index in [0.29, 0.717) is 28.8 Å².